The molecule has 182 valence electrons. The van der Waals surface area contributed by atoms with Gasteiger partial charge >= 0.3 is 6.09 Å². The summed E-state index contributed by atoms with van der Waals surface area (Å²) in [5.74, 6) is 0.699. The summed E-state index contributed by atoms with van der Waals surface area (Å²) in [5, 5.41) is 5.64. The lowest BCUT2D eigenvalue weighted by Gasteiger charge is -2.13. The van der Waals surface area contributed by atoms with Crippen LogP contribution in [-0.2, 0) is 17.9 Å². The number of amides is 2. The first-order chi connectivity index (χ1) is 17.0. The van der Waals surface area contributed by atoms with Crippen LogP contribution in [0.25, 0.3) is 11.0 Å². The van der Waals surface area contributed by atoms with Gasteiger partial charge in [0.2, 0.25) is 5.95 Å². The topological polar surface area (TPSA) is 123 Å². The van der Waals surface area contributed by atoms with E-state index in [9.17, 15) is 9.59 Å². The summed E-state index contributed by atoms with van der Waals surface area (Å²) in [6.07, 6.45) is 1.57. The zero-order chi connectivity index (χ0) is 24.8. The number of aryl methyl sites for hydroxylation is 3. The molecule has 2 amide bonds. The van der Waals surface area contributed by atoms with Crippen molar-refractivity contribution in [1.29, 1.82) is 0 Å². The molecule has 0 fully saturated rings. The number of aromatic amines is 1. The predicted molar refractivity (Wildman–Crippen MR) is 132 cm³/mol. The van der Waals surface area contributed by atoms with E-state index in [1.54, 1.807) is 14.0 Å². The van der Waals surface area contributed by atoms with E-state index in [0.29, 0.717) is 48.1 Å². The minimum absolute atomic E-state index is 0.207. The van der Waals surface area contributed by atoms with Gasteiger partial charge in [0, 0.05) is 13.1 Å². The fraction of sp³-hybridized carbons (Fsp3) is 0.280. The Balaban J connectivity index is 1.46. The van der Waals surface area contributed by atoms with E-state index in [0.717, 1.165) is 16.6 Å². The van der Waals surface area contributed by atoms with Gasteiger partial charge in [0.05, 0.1) is 24.6 Å². The van der Waals surface area contributed by atoms with E-state index < -0.39 is 6.09 Å². The summed E-state index contributed by atoms with van der Waals surface area (Å²) in [7, 11) is 1.60. The lowest BCUT2D eigenvalue weighted by Crippen LogP contribution is -2.26. The van der Waals surface area contributed by atoms with Crippen molar-refractivity contribution < 1.29 is 19.1 Å². The van der Waals surface area contributed by atoms with Gasteiger partial charge in [-0.1, -0.05) is 30.3 Å². The first kappa shape index (κ1) is 23.8. The van der Waals surface area contributed by atoms with Crippen LogP contribution in [0.15, 0.2) is 48.8 Å². The average molecular weight is 477 g/mol. The van der Waals surface area contributed by atoms with Crippen molar-refractivity contribution in [2.75, 3.05) is 19.0 Å². The Labute approximate surface area is 202 Å². The van der Waals surface area contributed by atoms with Crippen molar-refractivity contribution in [3.8, 4) is 5.75 Å². The number of nitrogens with zero attached hydrogens (tertiary/aromatic N) is 3. The summed E-state index contributed by atoms with van der Waals surface area (Å²) in [5.41, 5.74) is 4.34. The number of hydrogen-bond acceptors (Lipinski definition) is 6. The van der Waals surface area contributed by atoms with Crippen molar-refractivity contribution in [3.05, 3.63) is 71.3 Å². The Morgan fingerprint density at radius 1 is 1.14 bits per heavy atom. The van der Waals surface area contributed by atoms with E-state index in [-0.39, 0.29) is 12.5 Å². The second-order valence-corrected chi connectivity index (χ2v) is 8.08. The van der Waals surface area contributed by atoms with E-state index in [4.69, 9.17) is 9.47 Å². The molecule has 0 spiro atoms. The highest BCUT2D eigenvalue weighted by Crippen LogP contribution is 2.30. The van der Waals surface area contributed by atoms with Crippen LogP contribution in [0.1, 0.15) is 33.7 Å². The van der Waals surface area contributed by atoms with Crippen LogP contribution in [0.4, 0.5) is 10.7 Å². The smallest absolute Gasteiger partial charge is 0.407 e. The second-order valence-electron chi connectivity index (χ2n) is 8.08. The van der Waals surface area contributed by atoms with Gasteiger partial charge in [-0.05, 0) is 43.5 Å². The van der Waals surface area contributed by atoms with Gasteiger partial charge in [0.15, 0.2) is 0 Å². The van der Waals surface area contributed by atoms with Crippen LogP contribution in [0.2, 0.25) is 0 Å². The number of ether oxygens (including phenoxy) is 2. The number of carbonyl (C=O) groups excluding carboxylic acids is 2. The Morgan fingerprint density at radius 2 is 1.94 bits per heavy atom. The number of alkyl carbamates (subject to hydrolysis) is 1. The standard InChI is InChI=1S/C25H28N6O4/c1-16-12-19-22(20(13-16)34-3)31(24(29-19)30-23(32)21-17(2)27-15-28-21)11-7-10-26-25(33)35-14-18-8-5-4-6-9-18/h4-6,8-9,12-13,15H,7,10-11,14H2,1-3H3,(H,26,33)(H,27,28)(H,29,30,32). The highest BCUT2D eigenvalue weighted by molar-refractivity contribution is 6.03. The molecule has 0 aliphatic carbocycles. The van der Waals surface area contributed by atoms with E-state index >= 15 is 0 Å². The van der Waals surface area contributed by atoms with Crippen molar-refractivity contribution in [3.63, 3.8) is 0 Å². The van der Waals surface area contributed by atoms with Crippen molar-refractivity contribution in [2.24, 2.45) is 0 Å². The van der Waals surface area contributed by atoms with Crippen molar-refractivity contribution in [1.82, 2.24) is 24.8 Å². The molecule has 10 heteroatoms. The third-order valence-corrected chi connectivity index (χ3v) is 5.49. The number of benzene rings is 2. The molecular weight excluding hydrogens is 448 g/mol. The third-order valence-electron chi connectivity index (χ3n) is 5.49. The fourth-order valence-electron chi connectivity index (χ4n) is 3.79. The number of rotatable bonds is 9. The minimum Gasteiger partial charge on any atom is -0.494 e. The molecule has 4 aromatic rings. The molecule has 4 rings (SSSR count). The number of imidazole rings is 2. The molecule has 0 radical (unpaired) electrons. The molecule has 0 saturated heterocycles. The molecule has 2 heterocycles. The molecule has 0 aliphatic heterocycles. The van der Waals surface area contributed by atoms with Crippen molar-refractivity contribution >= 4 is 29.0 Å². The summed E-state index contributed by atoms with van der Waals surface area (Å²) in [6.45, 7) is 4.78. The average Bonchev–Trinajstić information content (AvgIpc) is 3.43. The van der Waals surface area contributed by atoms with Gasteiger partial charge < -0.3 is 24.3 Å². The number of hydrogen-bond donors (Lipinski definition) is 3. The maximum absolute atomic E-state index is 12.8. The fourth-order valence-corrected chi connectivity index (χ4v) is 3.79. The summed E-state index contributed by atoms with van der Waals surface area (Å²) >= 11 is 0. The Hall–Kier alpha value is -4.34. The van der Waals surface area contributed by atoms with Crippen LogP contribution < -0.4 is 15.4 Å². The summed E-state index contributed by atoms with van der Waals surface area (Å²) in [6, 6.07) is 13.3. The molecule has 0 bridgehead atoms. The van der Waals surface area contributed by atoms with Gasteiger partial charge in [-0.15, -0.1) is 0 Å². The molecule has 2 aromatic heterocycles. The van der Waals surface area contributed by atoms with Gasteiger partial charge in [-0.2, -0.15) is 0 Å². The molecule has 0 saturated carbocycles. The quantitative estimate of drug-likeness (QED) is 0.314. The number of carbonyl (C=O) groups is 2. The highest BCUT2D eigenvalue weighted by Gasteiger charge is 2.19. The van der Waals surface area contributed by atoms with E-state index in [2.05, 4.69) is 25.6 Å². The summed E-state index contributed by atoms with van der Waals surface area (Å²) in [4.78, 5) is 36.5. The zero-order valence-electron chi connectivity index (χ0n) is 19.9. The number of aromatic nitrogens is 4. The molecule has 0 aliphatic rings. The third kappa shape index (κ3) is 5.60. The number of fused-ring (bicyclic) bond motifs is 1. The van der Waals surface area contributed by atoms with Crippen LogP contribution in [0, 0.1) is 13.8 Å². The molecule has 0 unspecified atom stereocenters. The van der Waals surface area contributed by atoms with Crippen LogP contribution in [-0.4, -0.2) is 45.2 Å². The number of nitrogens with one attached hydrogen (secondary N) is 3. The second kappa shape index (κ2) is 10.7. The highest BCUT2D eigenvalue weighted by atomic mass is 16.5. The van der Waals surface area contributed by atoms with Gasteiger partial charge in [0.1, 0.15) is 23.6 Å². The largest absolute Gasteiger partial charge is 0.494 e. The summed E-state index contributed by atoms with van der Waals surface area (Å²) < 4.78 is 12.7. The van der Waals surface area contributed by atoms with Crippen LogP contribution in [0.3, 0.4) is 0 Å². The Morgan fingerprint density at radius 3 is 2.66 bits per heavy atom. The lowest BCUT2D eigenvalue weighted by atomic mass is 10.2. The normalized spacial score (nSPS) is 10.8. The van der Waals surface area contributed by atoms with Gasteiger partial charge in [-0.25, -0.2) is 14.8 Å². The van der Waals surface area contributed by atoms with Gasteiger partial charge in [0.25, 0.3) is 5.91 Å². The van der Waals surface area contributed by atoms with Gasteiger partial charge in [-0.3, -0.25) is 10.1 Å². The molecular formula is C25H28N6O4. The number of anilines is 1. The molecule has 3 N–H and O–H groups in total. The first-order valence-corrected chi connectivity index (χ1v) is 11.3. The lowest BCUT2D eigenvalue weighted by molar-refractivity contribution is 0.102. The predicted octanol–water partition coefficient (Wildman–Crippen LogP) is 3.95. The molecule has 10 nitrogen and oxygen atoms in total. The Bertz CT molecular complexity index is 1330. The van der Waals surface area contributed by atoms with E-state index in [1.165, 1.54) is 6.33 Å². The SMILES string of the molecule is COc1cc(C)cc2nc(NC(=O)c3[nH]cnc3C)n(CCCNC(=O)OCc3ccccc3)c12. The monoisotopic (exact) mass is 476 g/mol. The van der Waals surface area contributed by atoms with Crippen LogP contribution >= 0.6 is 0 Å². The molecule has 35 heavy (non-hydrogen) atoms. The maximum Gasteiger partial charge on any atom is 0.407 e. The number of H-pyrrole nitrogens is 1. The van der Waals surface area contributed by atoms with E-state index in [1.807, 2.05) is 54.0 Å². The van der Waals surface area contributed by atoms with Crippen LogP contribution in [0.5, 0.6) is 5.75 Å². The minimum atomic E-state index is -0.485. The van der Waals surface area contributed by atoms with Crippen molar-refractivity contribution in [2.45, 2.75) is 33.4 Å². The first-order valence-electron chi connectivity index (χ1n) is 11.3. The molecule has 2 aromatic carbocycles. The molecule has 0 atom stereocenters. The zero-order valence-corrected chi connectivity index (χ0v) is 19.9. The number of methoxy groups -OCH3 is 1. The maximum atomic E-state index is 12.8. The Kier molecular flexibility index (Phi) is 7.30.